The van der Waals surface area contributed by atoms with E-state index < -0.39 is 10.0 Å². The molecular formula is C26H29ClN6O3S. The average Bonchev–Trinajstić information content (AvgIpc) is 3.29. The van der Waals surface area contributed by atoms with Crippen molar-refractivity contribution in [3.05, 3.63) is 71.5 Å². The predicted molar refractivity (Wildman–Crippen MR) is 145 cm³/mol. The van der Waals surface area contributed by atoms with Crippen LogP contribution in [0, 0.1) is 0 Å². The summed E-state index contributed by atoms with van der Waals surface area (Å²) in [6, 6.07) is 14.0. The van der Waals surface area contributed by atoms with Crippen molar-refractivity contribution in [3.8, 4) is 11.8 Å². The number of aromatic amines is 1. The zero-order valence-corrected chi connectivity index (χ0v) is 22.1. The van der Waals surface area contributed by atoms with Crippen molar-refractivity contribution in [2.24, 2.45) is 0 Å². The molecule has 0 saturated carbocycles. The van der Waals surface area contributed by atoms with Crippen LogP contribution in [0.15, 0.2) is 65.8 Å². The van der Waals surface area contributed by atoms with E-state index in [1.165, 1.54) is 12.1 Å². The molecule has 3 heterocycles. The lowest BCUT2D eigenvalue weighted by Gasteiger charge is -2.33. The number of sulfonamides is 1. The third-order valence-electron chi connectivity index (χ3n) is 6.43. The number of fused-ring (bicyclic) bond motifs is 1. The van der Waals surface area contributed by atoms with Gasteiger partial charge >= 0.3 is 6.01 Å². The third kappa shape index (κ3) is 6.22. The van der Waals surface area contributed by atoms with Crippen LogP contribution in [-0.2, 0) is 16.4 Å². The summed E-state index contributed by atoms with van der Waals surface area (Å²) < 4.78 is 34.0. The quantitative estimate of drug-likeness (QED) is 0.308. The number of piperazine rings is 1. The van der Waals surface area contributed by atoms with Crippen molar-refractivity contribution < 1.29 is 13.2 Å². The lowest BCUT2D eigenvalue weighted by molar-refractivity contribution is 0.311. The van der Waals surface area contributed by atoms with E-state index in [0.717, 1.165) is 54.9 Å². The number of ether oxygens (including phenoxy) is 1. The molecule has 0 amide bonds. The summed E-state index contributed by atoms with van der Waals surface area (Å²) in [6.07, 6.45) is 4.99. The second kappa shape index (κ2) is 11.1. The Labute approximate surface area is 221 Å². The Morgan fingerprint density at radius 3 is 2.65 bits per heavy atom. The summed E-state index contributed by atoms with van der Waals surface area (Å²) in [5.74, 6) is 1.28. The molecule has 194 valence electrons. The summed E-state index contributed by atoms with van der Waals surface area (Å²) in [5, 5.41) is 1.74. The number of halogens is 1. The Kier molecular flexibility index (Phi) is 7.61. The lowest BCUT2D eigenvalue weighted by Crippen LogP contribution is -2.44. The highest BCUT2D eigenvalue weighted by atomic mass is 35.5. The maximum Gasteiger partial charge on any atom is 0.323 e. The highest BCUT2D eigenvalue weighted by molar-refractivity contribution is 7.89. The molecule has 4 aromatic rings. The number of benzene rings is 2. The fraction of sp³-hybridized carbons (Fsp3) is 0.308. The van der Waals surface area contributed by atoms with Gasteiger partial charge in [0.15, 0.2) is 0 Å². The predicted octanol–water partition coefficient (Wildman–Crippen LogP) is 4.07. The minimum Gasteiger partial charge on any atom is -0.424 e. The first-order valence-electron chi connectivity index (χ1n) is 12.2. The number of aryl methyl sites for hydroxylation is 1. The van der Waals surface area contributed by atoms with Crippen LogP contribution in [0.25, 0.3) is 10.9 Å². The van der Waals surface area contributed by atoms with Gasteiger partial charge in [0.25, 0.3) is 0 Å². The summed E-state index contributed by atoms with van der Waals surface area (Å²) in [6.45, 7) is 4.05. The number of anilines is 1. The minimum atomic E-state index is -3.64. The highest BCUT2D eigenvalue weighted by Gasteiger charge is 2.17. The zero-order chi connectivity index (χ0) is 25.8. The van der Waals surface area contributed by atoms with Gasteiger partial charge in [0, 0.05) is 61.0 Å². The molecule has 2 aromatic carbocycles. The highest BCUT2D eigenvalue weighted by Crippen LogP contribution is 2.24. The first kappa shape index (κ1) is 25.5. The second-order valence-electron chi connectivity index (χ2n) is 9.07. The van der Waals surface area contributed by atoms with E-state index in [4.69, 9.17) is 16.3 Å². The van der Waals surface area contributed by atoms with Crippen molar-refractivity contribution >= 4 is 38.3 Å². The van der Waals surface area contributed by atoms with Crippen LogP contribution >= 0.6 is 11.6 Å². The molecule has 2 N–H and O–H groups in total. The summed E-state index contributed by atoms with van der Waals surface area (Å²) >= 11 is 6.11. The molecule has 11 heteroatoms. The molecule has 9 nitrogen and oxygen atoms in total. The van der Waals surface area contributed by atoms with Crippen molar-refractivity contribution in [3.63, 3.8) is 0 Å². The van der Waals surface area contributed by atoms with E-state index in [1.807, 2.05) is 30.5 Å². The van der Waals surface area contributed by atoms with Crippen LogP contribution in [0.3, 0.4) is 0 Å². The average molecular weight is 541 g/mol. The maximum atomic E-state index is 12.8. The van der Waals surface area contributed by atoms with Gasteiger partial charge in [-0.1, -0.05) is 11.6 Å². The Morgan fingerprint density at radius 1 is 1.08 bits per heavy atom. The number of hydrogen-bond donors (Lipinski definition) is 2. The van der Waals surface area contributed by atoms with E-state index in [-0.39, 0.29) is 10.9 Å². The molecule has 0 atom stereocenters. The van der Waals surface area contributed by atoms with Gasteiger partial charge in [-0.15, -0.1) is 0 Å². The van der Waals surface area contributed by atoms with E-state index in [1.54, 1.807) is 18.3 Å². The van der Waals surface area contributed by atoms with Crippen molar-refractivity contribution in [2.45, 2.75) is 17.7 Å². The number of H-pyrrole nitrogens is 1. The Hall–Kier alpha value is -3.18. The fourth-order valence-electron chi connectivity index (χ4n) is 4.31. The maximum absolute atomic E-state index is 12.8. The minimum absolute atomic E-state index is 0.172. The Balaban J connectivity index is 1.15. The molecule has 0 spiro atoms. The molecule has 1 fully saturated rings. The molecule has 37 heavy (non-hydrogen) atoms. The molecule has 1 aliphatic rings. The van der Waals surface area contributed by atoms with Gasteiger partial charge in [0.1, 0.15) is 11.6 Å². The van der Waals surface area contributed by atoms with Gasteiger partial charge in [0.05, 0.1) is 4.90 Å². The largest absolute Gasteiger partial charge is 0.424 e. The smallest absolute Gasteiger partial charge is 0.323 e. The van der Waals surface area contributed by atoms with Gasteiger partial charge in [-0.2, -0.15) is 4.98 Å². The molecule has 2 aromatic heterocycles. The van der Waals surface area contributed by atoms with Gasteiger partial charge in [0.2, 0.25) is 10.0 Å². The second-order valence-corrected chi connectivity index (χ2v) is 11.3. The lowest BCUT2D eigenvalue weighted by atomic mass is 10.1. The van der Waals surface area contributed by atoms with Crippen LogP contribution in [0.2, 0.25) is 5.02 Å². The summed E-state index contributed by atoms with van der Waals surface area (Å²) in [4.78, 5) is 16.6. The van der Waals surface area contributed by atoms with Gasteiger partial charge in [-0.25, -0.2) is 18.1 Å². The van der Waals surface area contributed by atoms with E-state index in [9.17, 15) is 8.42 Å². The molecular weight excluding hydrogens is 512 g/mol. The first-order valence-corrected chi connectivity index (χ1v) is 14.0. The monoisotopic (exact) mass is 540 g/mol. The van der Waals surface area contributed by atoms with Crippen LogP contribution < -0.4 is 14.4 Å². The van der Waals surface area contributed by atoms with E-state index in [0.29, 0.717) is 23.7 Å². The van der Waals surface area contributed by atoms with Gasteiger partial charge in [-0.05, 0) is 74.0 Å². The number of likely N-dealkylation sites (N-methyl/N-ethyl adjacent to an activating group) is 1. The molecule has 0 radical (unpaired) electrons. The van der Waals surface area contributed by atoms with Crippen LogP contribution in [0.1, 0.15) is 12.0 Å². The number of nitrogens with one attached hydrogen (secondary N) is 2. The normalized spacial score (nSPS) is 14.8. The van der Waals surface area contributed by atoms with Crippen LogP contribution in [0.4, 0.5) is 5.82 Å². The third-order valence-corrected chi connectivity index (χ3v) is 8.15. The summed E-state index contributed by atoms with van der Waals surface area (Å²) in [5.41, 5.74) is 2.12. The van der Waals surface area contributed by atoms with Crippen LogP contribution in [0.5, 0.6) is 11.8 Å². The van der Waals surface area contributed by atoms with Gasteiger partial charge < -0.3 is 19.5 Å². The summed E-state index contributed by atoms with van der Waals surface area (Å²) in [7, 11) is -1.54. The van der Waals surface area contributed by atoms with Crippen molar-refractivity contribution in [1.82, 2.24) is 24.6 Å². The van der Waals surface area contributed by atoms with Gasteiger partial charge in [-0.3, -0.25) is 0 Å². The first-order chi connectivity index (χ1) is 17.9. The number of hydrogen-bond acceptors (Lipinski definition) is 7. The SMILES string of the molecule is CN1CCN(c2ccnc(Oc3ccc(S(=O)(=O)NCCCc4c[nH]c5ccc(Cl)cc45)cc3)n2)CC1. The topological polar surface area (TPSA) is 103 Å². The standard InChI is InChI=1S/C26H29ClN6O3S/c1-32-13-15-33(16-14-32)25-10-12-28-26(31-25)36-21-5-7-22(8-6-21)37(34,35)30-11-2-3-19-18-29-24-9-4-20(27)17-23(19)24/h4-10,12,17-18,29-30H,2-3,11,13-16H2,1H3. The van der Waals surface area contributed by atoms with Crippen LogP contribution in [-0.4, -0.2) is 68.0 Å². The van der Waals surface area contributed by atoms with E-state index >= 15 is 0 Å². The molecule has 0 aliphatic carbocycles. The molecule has 0 bridgehead atoms. The Morgan fingerprint density at radius 2 is 1.86 bits per heavy atom. The number of aromatic nitrogens is 3. The molecule has 1 aliphatic heterocycles. The zero-order valence-electron chi connectivity index (χ0n) is 20.5. The molecule has 0 unspecified atom stereocenters. The number of nitrogens with zero attached hydrogens (tertiary/aromatic N) is 4. The fourth-order valence-corrected chi connectivity index (χ4v) is 5.56. The van der Waals surface area contributed by atoms with Crippen molar-refractivity contribution in [1.29, 1.82) is 0 Å². The van der Waals surface area contributed by atoms with Crippen molar-refractivity contribution in [2.75, 3.05) is 44.7 Å². The number of rotatable bonds is 9. The Bertz CT molecular complexity index is 1470. The molecule has 1 saturated heterocycles. The molecule has 5 rings (SSSR count). The van der Waals surface area contributed by atoms with E-state index in [2.05, 4.69) is 36.5 Å².